The zero-order chi connectivity index (χ0) is 24.7. The quantitative estimate of drug-likeness (QED) is 0.0884. The van der Waals surface area contributed by atoms with Crippen molar-refractivity contribution >= 4 is 108 Å². The number of hydrogen-bond acceptors (Lipinski definition) is 4. The molecule has 0 atom stereocenters. The van der Waals surface area contributed by atoms with Gasteiger partial charge in [0, 0.05) is 11.1 Å². The fourth-order valence-corrected chi connectivity index (χ4v) is 5.25. The molecule has 4 nitrogen and oxygen atoms in total. The standard InChI is InChI=1S/C26H14Br4O4/c27-25(28,21(31)19-13-5-9-15-7-1-3-11-17(15)19)23(33)24(34)26(29,30)22(32)20-14-6-10-16-8-2-4-12-18(16)20/h1-14H. The Hall–Kier alpha value is -2.00. The van der Waals surface area contributed by atoms with E-state index in [9.17, 15) is 19.2 Å². The number of alkyl halides is 4. The van der Waals surface area contributed by atoms with Crippen LogP contribution in [-0.4, -0.2) is 29.6 Å². The van der Waals surface area contributed by atoms with Crippen LogP contribution < -0.4 is 0 Å². The van der Waals surface area contributed by atoms with Crippen LogP contribution in [0.25, 0.3) is 21.5 Å². The highest BCUT2D eigenvalue weighted by molar-refractivity contribution is 9.27. The first-order chi connectivity index (χ1) is 16.1. The second-order valence-electron chi connectivity index (χ2n) is 7.52. The van der Waals surface area contributed by atoms with Gasteiger partial charge in [0.25, 0.3) is 0 Å². The van der Waals surface area contributed by atoms with Gasteiger partial charge in [0.2, 0.25) is 18.0 Å². The van der Waals surface area contributed by atoms with E-state index in [1.807, 2.05) is 36.4 Å². The molecule has 0 N–H and O–H groups in total. The molecule has 0 saturated heterocycles. The Morgan fingerprint density at radius 3 is 1.18 bits per heavy atom. The van der Waals surface area contributed by atoms with Gasteiger partial charge in [-0.2, -0.15) is 0 Å². The molecule has 0 aliphatic heterocycles. The third-order valence-corrected chi connectivity index (χ3v) is 8.30. The van der Waals surface area contributed by atoms with Gasteiger partial charge in [0.05, 0.1) is 0 Å². The zero-order valence-electron chi connectivity index (χ0n) is 17.2. The SMILES string of the molecule is O=C(C(=O)C(Br)(Br)C(=O)c1cccc2ccccc12)C(Br)(Br)C(=O)c1cccc2ccccc12. The highest BCUT2D eigenvalue weighted by Crippen LogP contribution is 2.40. The average molecular weight is 710 g/mol. The monoisotopic (exact) mass is 706 g/mol. The third kappa shape index (κ3) is 4.37. The van der Waals surface area contributed by atoms with Crippen LogP contribution in [0.5, 0.6) is 0 Å². The molecule has 4 rings (SSSR count). The Morgan fingerprint density at radius 1 is 0.471 bits per heavy atom. The molecule has 0 fully saturated rings. The Kier molecular flexibility index (Phi) is 7.06. The van der Waals surface area contributed by atoms with Crippen molar-refractivity contribution in [2.24, 2.45) is 0 Å². The van der Waals surface area contributed by atoms with Crippen molar-refractivity contribution in [3.63, 3.8) is 0 Å². The molecule has 0 bridgehead atoms. The van der Waals surface area contributed by atoms with Crippen LogP contribution in [0.3, 0.4) is 0 Å². The van der Waals surface area contributed by atoms with Crippen molar-refractivity contribution in [1.82, 2.24) is 0 Å². The maximum Gasteiger partial charge on any atom is 0.236 e. The second kappa shape index (κ2) is 9.57. The van der Waals surface area contributed by atoms with E-state index in [0.717, 1.165) is 10.8 Å². The lowest BCUT2D eigenvalue weighted by Gasteiger charge is -2.23. The van der Waals surface area contributed by atoms with Gasteiger partial charge in [0.15, 0.2) is 11.6 Å². The summed E-state index contributed by atoms with van der Waals surface area (Å²) >= 11 is 12.5. The largest absolute Gasteiger partial charge is 0.291 e. The number of carbonyl (C=O) groups is 4. The molecule has 4 aromatic rings. The minimum absolute atomic E-state index is 0.253. The Labute approximate surface area is 228 Å². The van der Waals surface area contributed by atoms with Crippen LogP contribution in [0.15, 0.2) is 84.9 Å². The molecular weight excluding hydrogens is 696 g/mol. The number of fused-ring (bicyclic) bond motifs is 2. The van der Waals surface area contributed by atoms with Gasteiger partial charge in [-0.25, -0.2) is 0 Å². The molecule has 34 heavy (non-hydrogen) atoms. The summed E-state index contributed by atoms with van der Waals surface area (Å²) in [6, 6.07) is 24.7. The van der Waals surface area contributed by atoms with E-state index in [1.54, 1.807) is 48.5 Å². The Morgan fingerprint density at radius 2 is 0.794 bits per heavy atom. The summed E-state index contributed by atoms with van der Waals surface area (Å²) in [6.45, 7) is 0. The first kappa shape index (κ1) is 25.1. The molecule has 0 saturated carbocycles. The van der Waals surface area contributed by atoms with Gasteiger partial charge in [-0.1, -0.05) is 149 Å². The van der Waals surface area contributed by atoms with E-state index in [4.69, 9.17) is 0 Å². The normalized spacial score (nSPS) is 12.0. The molecule has 0 aliphatic rings. The molecule has 170 valence electrons. The van der Waals surface area contributed by atoms with E-state index in [1.165, 1.54) is 0 Å². The Bertz CT molecular complexity index is 1370. The van der Waals surface area contributed by atoms with Crippen LogP contribution in [0.2, 0.25) is 0 Å². The molecule has 8 heteroatoms. The lowest BCUT2D eigenvalue weighted by Crippen LogP contribution is -2.48. The van der Waals surface area contributed by atoms with E-state index in [-0.39, 0.29) is 11.1 Å². The summed E-state index contributed by atoms with van der Waals surface area (Å²) in [5.41, 5.74) is 0.506. The Balaban J connectivity index is 1.69. The zero-order valence-corrected chi connectivity index (χ0v) is 23.6. The summed E-state index contributed by atoms with van der Waals surface area (Å²) in [5, 5.41) is 2.89. The van der Waals surface area contributed by atoms with Gasteiger partial charge < -0.3 is 0 Å². The van der Waals surface area contributed by atoms with Gasteiger partial charge >= 0.3 is 0 Å². The number of carbonyl (C=O) groups excluding carboxylic acids is 4. The molecular formula is C26H14Br4O4. The van der Waals surface area contributed by atoms with E-state index >= 15 is 0 Å². The maximum absolute atomic E-state index is 13.4. The van der Waals surface area contributed by atoms with Crippen LogP contribution in [0.1, 0.15) is 20.7 Å². The van der Waals surface area contributed by atoms with Crippen molar-refractivity contribution in [2.45, 2.75) is 6.47 Å². The van der Waals surface area contributed by atoms with Crippen molar-refractivity contribution in [1.29, 1.82) is 0 Å². The number of hydrogen-bond donors (Lipinski definition) is 0. The molecule has 4 aromatic carbocycles. The molecule has 0 amide bonds. The van der Waals surface area contributed by atoms with E-state index in [2.05, 4.69) is 63.7 Å². The van der Waals surface area contributed by atoms with Crippen LogP contribution in [0, 0.1) is 0 Å². The minimum Gasteiger partial charge on any atom is -0.291 e. The summed E-state index contributed by atoms with van der Waals surface area (Å²) in [6.07, 6.45) is 0. The summed E-state index contributed by atoms with van der Waals surface area (Å²) in [7, 11) is 0. The van der Waals surface area contributed by atoms with Gasteiger partial charge in [0.1, 0.15) is 0 Å². The van der Waals surface area contributed by atoms with E-state index < -0.39 is 29.6 Å². The van der Waals surface area contributed by atoms with Crippen molar-refractivity contribution in [2.75, 3.05) is 0 Å². The minimum atomic E-state index is -2.06. The van der Waals surface area contributed by atoms with Crippen LogP contribution in [0.4, 0.5) is 0 Å². The molecule has 0 heterocycles. The van der Waals surface area contributed by atoms with E-state index in [0.29, 0.717) is 10.8 Å². The van der Waals surface area contributed by atoms with Crippen LogP contribution >= 0.6 is 63.7 Å². The fraction of sp³-hybridized carbons (Fsp3) is 0.0769. The van der Waals surface area contributed by atoms with Crippen molar-refractivity contribution in [3.8, 4) is 0 Å². The summed E-state index contributed by atoms with van der Waals surface area (Å²) in [5.74, 6) is -3.58. The predicted molar refractivity (Wildman–Crippen MR) is 148 cm³/mol. The lowest BCUT2D eigenvalue weighted by molar-refractivity contribution is -0.135. The molecule has 0 spiro atoms. The number of halogens is 4. The second-order valence-corrected chi connectivity index (χ2v) is 14.4. The fourth-order valence-electron chi connectivity index (χ4n) is 3.68. The topological polar surface area (TPSA) is 68.3 Å². The first-order valence-electron chi connectivity index (χ1n) is 9.97. The van der Waals surface area contributed by atoms with Gasteiger partial charge in [-0.05, 0) is 21.5 Å². The average Bonchev–Trinajstić information content (AvgIpc) is 2.86. The molecule has 0 radical (unpaired) electrons. The highest BCUT2D eigenvalue weighted by Gasteiger charge is 2.53. The number of ketones is 4. The highest BCUT2D eigenvalue weighted by atomic mass is 79.9. The number of benzene rings is 4. The van der Waals surface area contributed by atoms with Crippen LogP contribution in [-0.2, 0) is 9.59 Å². The lowest BCUT2D eigenvalue weighted by atomic mass is 9.94. The number of Topliss-reactive ketones (excluding diaryl/α,β-unsaturated/α-hetero) is 4. The third-order valence-electron chi connectivity index (χ3n) is 5.42. The molecule has 0 aromatic heterocycles. The van der Waals surface area contributed by atoms with Crippen molar-refractivity contribution in [3.05, 3.63) is 96.1 Å². The summed E-state index contributed by atoms with van der Waals surface area (Å²) in [4.78, 5) is 53.3. The molecule has 0 aliphatic carbocycles. The van der Waals surface area contributed by atoms with Gasteiger partial charge in [-0.15, -0.1) is 0 Å². The van der Waals surface area contributed by atoms with Crippen molar-refractivity contribution < 1.29 is 19.2 Å². The first-order valence-corrected chi connectivity index (χ1v) is 13.1. The van der Waals surface area contributed by atoms with Gasteiger partial charge in [-0.3, -0.25) is 19.2 Å². The molecule has 0 unspecified atom stereocenters. The smallest absolute Gasteiger partial charge is 0.236 e. The maximum atomic E-state index is 13.4. The summed E-state index contributed by atoms with van der Waals surface area (Å²) < 4.78 is -4.12. The number of rotatable bonds is 7. The predicted octanol–water partition coefficient (Wildman–Crippen LogP) is 7.17.